The number of phosphoric acid groups is 1. The summed E-state index contributed by atoms with van der Waals surface area (Å²) in [5.41, 5.74) is 2.66. The third kappa shape index (κ3) is 32.6. The summed E-state index contributed by atoms with van der Waals surface area (Å²) in [5, 5.41) is 30.5. The van der Waals surface area contributed by atoms with Crippen molar-refractivity contribution in [1.82, 2.24) is 0 Å². The van der Waals surface area contributed by atoms with Gasteiger partial charge in [0.05, 0.1) is 46.1 Å². The Balaban J connectivity index is 2.44. The van der Waals surface area contributed by atoms with Crippen LogP contribution in [0.4, 0.5) is 0 Å². The normalized spacial score (nSPS) is 15.4. The molecule has 13 nitrogen and oxygen atoms in total. The number of nitrogens with zero attached hydrogens (tertiary/aromatic N) is 1. The molecule has 378 valence electrons. The van der Waals surface area contributed by atoms with Crippen molar-refractivity contribution in [1.29, 1.82) is 0 Å². The number of esters is 2. The molecule has 0 fully saturated rings. The van der Waals surface area contributed by atoms with E-state index in [1.54, 1.807) is 42.5 Å². The molecule has 0 aliphatic heterocycles. The summed E-state index contributed by atoms with van der Waals surface area (Å²) in [6.07, 6.45) is 31.8. The van der Waals surface area contributed by atoms with E-state index in [0.29, 0.717) is 23.9 Å². The maximum Gasteiger partial charge on any atom is 0.472 e. The van der Waals surface area contributed by atoms with Gasteiger partial charge < -0.3 is 38.6 Å². The molecule has 14 heteroatoms. The number of quaternary nitrogens is 1. The number of hydrogen-bond donors (Lipinski definition) is 4. The number of aliphatic hydroxyl groups is 3. The largest absolute Gasteiger partial charge is 0.472 e. The van der Waals surface area contributed by atoms with Gasteiger partial charge in [-0.25, -0.2) is 4.57 Å². The number of allylic oxidation sites excluding steroid dienone is 7. The van der Waals surface area contributed by atoms with Crippen LogP contribution in [0.1, 0.15) is 158 Å². The van der Waals surface area contributed by atoms with Gasteiger partial charge in [0, 0.05) is 25.7 Å². The van der Waals surface area contributed by atoms with Crippen molar-refractivity contribution >= 4 is 19.8 Å². The number of unbranched alkanes of at least 4 members (excludes halogenated alkanes) is 11. The van der Waals surface area contributed by atoms with Gasteiger partial charge in [0.15, 0.2) is 6.10 Å². The highest BCUT2D eigenvalue weighted by Crippen LogP contribution is 2.43. The summed E-state index contributed by atoms with van der Waals surface area (Å²) in [7, 11) is 1.26. The van der Waals surface area contributed by atoms with E-state index in [1.807, 2.05) is 40.2 Å². The van der Waals surface area contributed by atoms with Gasteiger partial charge in [-0.15, -0.1) is 0 Å². The van der Waals surface area contributed by atoms with Gasteiger partial charge in [-0.2, -0.15) is 0 Å². The van der Waals surface area contributed by atoms with E-state index >= 15 is 0 Å². The fraction of sp³-hybridized carbons (Fsp3) is 0.692. The first kappa shape index (κ1) is 60.9. The minimum Gasteiger partial charge on any atom is -0.466 e. The number of carbonyl (C=O) groups excluding carboxylic acids is 2. The molecular formula is C52H89NO12P+. The molecule has 0 radical (unpaired) electrons. The van der Waals surface area contributed by atoms with Crippen LogP contribution in [0.5, 0.6) is 0 Å². The van der Waals surface area contributed by atoms with E-state index in [9.17, 15) is 34.4 Å². The number of furan rings is 1. The maximum absolute atomic E-state index is 12.8. The van der Waals surface area contributed by atoms with Crippen molar-refractivity contribution < 1.29 is 61.8 Å². The number of ether oxygens (including phenoxy) is 2. The van der Waals surface area contributed by atoms with E-state index in [1.165, 1.54) is 73.7 Å². The molecule has 1 heterocycles. The van der Waals surface area contributed by atoms with Gasteiger partial charge in [-0.1, -0.05) is 139 Å². The van der Waals surface area contributed by atoms with Crippen LogP contribution in [-0.2, 0) is 45.5 Å². The number of aryl methyl sites for hydroxylation is 2. The van der Waals surface area contributed by atoms with Crippen molar-refractivity contribution in [3.8, 4) is 0 Å². The molecule has 0 saturated carbocycles. The molecule has 4 N–H and O–H groups in total. The summed E-state index contributed by atoms with van der Waals surface area (Å²) >= 11 is 0. The molecule has 1 rings (SSSR count). The quantitative estimate of drug-likeness (QED) is 0.0122. The molecule has 0 aliphatic carbocycles. The van der Waals surface area contributed by atoms with E-state index in [2.05, 4.69) is 20.8 Å². The zero-order valence-corrected chi connectivity index (χ0v) is 42.6. The average Bonchev–Trinajstić information content (AvgIpc) is 3.53. The second-order valence-corrected chi connectivity index (χ2v) is 19.7. The molecule has 0 aliphatic rings. The number of rotatable bonds is 40. The van der Waals surface area contributed by atoms with Crippen LogP contribution in [0, 0.1) is 13.8 Å². The Labute approximate surface area is 398 Å². The fourth-order valence-electron chi connectivity index (χ4n) is 6.83. The zero-order chi connectivity index (χ0) is 49.1. The SMILES string of the molecule is CC/C=C\C[C@@H](O)/C=C/C=C/C=C\C=C/[C@H](O)[C@@H](O)CCCC(=O)OC[C@H](COP(=O)(O)OCC[N+](C)(C)C)OC(=O)CCCCCCCCCCCCc1oc(CCCCC)c(C)c1C. The molecule has 1 aromatic rings. The molecule has 0 amide bonds. The average molecular weight is 951 g/mol. The second kappa shape index (κ2) is 36.9. The monoisotopic (exact) mass is 951 g/mol. The van der Waals surface area contributed by atoms with Gasteiger partial charge in [-0.3, -0.25) is 18.6 Å². The van der Waals surface area contributed by atoms with Gasteiger partial charge in [-0.05, 0) is 69.9 Å². The Morgan fingerprint density at radius 3 is 1.82 bits per heavy atom. The van der Waals surface area contributed by atoms with Gasteiger partial charge in [0.25, 0.3) is 0 Å². The van der Waals surface area contributed by atoms with Crippen LogP contribution in [0.15, 0.2) is 65.2 Å². The van der Waals surface area contributed by atoms with Crippen LogP contribution in [0.3, 0.4) is 0 Å². The topological polar surface area (TPSA) is 182 Å². The molecular weight excluding hydrogens is 862 g/mol. The van der Waals surface area contributed by atoms with Crippen LogP contribution < -0.4 is 0 Å². The first-order chi connectivity index (χ1) is 31.5. The van der Waals surface area contributed by atoms with Gasteiger partial charge in [0.2, 0.25) is 0 Å². The van der Waals surface area contributed by atoms with Gasteiger partial charge in [0.1, 0.15) is 31.3 Å². The second-order valence-electron chi connectivity index (χ2n) is 18.3. The molecule has 1 unspecified atom stereocenters. The lowest BCUT2D eigenvalue weighted by molar-refractivity contribution is -0.870. The first-order valence-electron chi connectivity index (χ1n) is 24.7. The number of carbonyl (C=O) groups is 2. The molecule has 1 aromatic heterocycles. The molecule has 66 heavy (non-hydrogen) atoms. The minimum atomic E-state index is -4.48. The predicted molar refractivity (Wildman–Crippen MR) is 264 cm³/mol. The zero-order valence-electron chi connectivity index (χ0n) is 41.7. The third-order valence-electron chi connectivity index (χ3n) is 11.1. The molecule has 0 aromatic carbocycles. The smallest absolute Gasteiger partial charge is 0.466 e. The summed E-state index contributed by atoms with van der Waals surface area (Å²) in [6, 6.07) is 0. The number of phosphoric ester groups is 1. The Hall–Kier alpha value is -3.13. The third-order valence-corrected chi connectivity index (χ3v) is 12.1. The van der Waals surface area contributed by atoms with E-state index < -0.39 is 57.4 Å². The first-order valence-corrected chi connectivity index (χ1v) is 26.2. The van der Waals surface area contributed by atoms with Crippen LogP contribution in [0.25, 0.3) is 0 Å². The minimum absolute atomic E-state index is 0.0326. The van der Waals surface area contributed by atoms with Crippen molar-refractivity contribution in [3.05, 3.63) is 83.4 Å². The fourth-order valence-corrected chi connectivity index (χ4v) is 7.57. The van der Waals surface area contributed by atoms with Gasteiger partial charge >= 0.3 is 19.8 Å². The summed E-state index contributed by atoms with van der Waals surface area (Å²) in [4.78, 5) is 35.6. The Morgan fingerprint density at radius 1 is 0.682 bits per heavy atom. The number of aliphatic hydroxyl groups excluding tert-OH is 3. The highest BCUT2D eigenvalue weighted by atomic mass is 31.2. The predicted octanol–water partition coefficient (Wildman–Crippen LogP) is 10.6. The number of likely N-dealkylation sites (N-methyl/N-ethyl adjacent to an activating group) is 1. The standard InChI is InChI=1S/C52H88NO12P/c1-8-10-24-31-45(54)32-26-20-18-19-21-27-33-47(55)48(56)34-30-38-51(57)61-41-46(42-63-66(59,60)62-40-39-53(5,6)7)64-52(58)37-29-23-17-15-13-12-14-16-22-28-36-50-44(4)43(3)49(65-50)35-25-11-9-2/h10,18-21,24,26-27,32-33,45-48,54-56H,8-9,11-17,22-23,25,28-31,34-42H2,1-7H3/p+1/b20-18+,21-19-,24-10-,32-26+,33-27-/t45-,46-,47+,48+/m1/s1. The lowest BCUT2D eigenvalue weighted by Crippen LogP contribution is -2.37. The van der Waals surface area contributed by atoms with Crippen molar-refractivity contribution in [2.24, 2.45) is 0 Å². The molecule has 0 bridgehead atoms. The Kier molecular flexibility index (Phi) is 34.0. The maximum atomic E-state index is 12.8. The van der Waals surface area contributed by atoms with Crippen molar-refractivity contribution in [3.63, 3.8) is 0 Å². The summed E-state index contributed by atoms with van der Waals surface area (Å²) < 4.78 is 40.4. The van der Waals surface area contributed by atoms with Crippen LogP contribution in [0.2, 0.25) is 0 Å². The highest BCUT2D eigenvalue weighted by Gasteiger charge is 2.27. The number of hydrogen-bond acceptors (Lipinski definition) is 11. The Bertz CT molecular complexity index is 1640. The molecule has 0 saturated heterocycles. The summed E-state index contributed by atoms with van der Waals surface area (Å²) in [5.74, 6) is 1.19. The van der Waals surface area contributed by atoms with Crippen LogP contribution >= 0.6 is 7.82 Å². The highest BCUT2D eigenvalue weighted by molar-refractivity contribution is 7.47. The van der Waals surface area contributed by atoms with E-state index in [-0.39, 0.29) is 32.3 Å². The van der Waals surface area contributed by atoms with Crippen molar-refractivity contribution in [2.75, 3.05) is 47.5 Å². The van der Waals surface area contributed by atoms with E-state index in [4.69, 9.17) is 22.9 Å². The molecule has 0 spiro atoms. The lowest BCUT2D eigenvalue weighted by Gasteiger charge is -2.24. The van der Waals surface area contributed by atoms with Crippen molar-refractivity contribution in [2.45, 2.75) is 187 Å². The Morgan fingerprint density at radius 2 is 1.23 bits per heavy atom. The molecule has 5 atom stereocenters. The summed E-state index contributed by atoms with van der Waals surface area (Å²) in [6.45, 7) is 8.15. The van der Waals surface area contributed by atoms with Crippen LogP contribution in [-0.4, -0.2) is 109 Å². The lowest BCUT2D eigenvalue weighted by atomic mass is 10.0. The van der Waals surface area contributed by atoms with E-state index in [0.717, 1.165) is 51.4 Å².